The minimum atomic E-state index is -0.122. The summed E-state index contributed by atoms with van der Waals surface area (Å²) in [6.07, 6.45) is 3.13. The van der Waals surface area contributed by atoms with Gasteiger partial charge in [0.2, 0.25) is 0 Å². The van der Waals surface area contributed by atoms with Crippen LogP contribution in [0.1, 0.15) is 50.8 Å². The monoisotopic (exact) mass is 488 g/mol. The first kappa shape index (κ1) is 22.0. The lowest BCUT2D eigenvalue weighted by molar-refractivity contribution is 0.0713. The quantitative estimate of drug-likeness (QED) is 0.415. The minimum absolute atomic E-state index is 0.0153. The van der Waals surface area contributed by atoms with Gasteiger partial charge >= 0.3 is 0 Å². The summed E-state index contributed by atoms with van der Waals surface area (Å²) in [4.78, 5) is 34.9. The molecule has 0 bridgehead atoms. The van der Waals surface area contributed by atoms with Gasteiger partial charge in [-0.05, 0) is 30.9 Å². The lowest BCUT2D eigenvalue weighted by Crippen LogP contribution is -2.38. The summed E-state index contributed by atoms with van der Waals surface area (Å²) in [5.74, 6) is 0.506. The Bertz CT molecular complexity index is 1420. The van der Waals surface area contributed by atoms with Crippen LogP contribution in [0.15, 0.2) is 41.2 Å². The van der Waals surface area contributed by atoms with Crippen LogP contribution >= 0.6 is 11.3 Å². The van der Waals surface area contributed by atoms with E-state index in [2.05, 4.69) is 4.98 Å². The van der Waals surface area contributed by atoms with Crippen LogP contribution in [-0.4, -0.2) is 54.5 Å². The fourth-order valence-corrected chi connectivity index (χ4v) is 5.55. The number of hydrogen-bond acceptors (Lipinski definition) is 5. The Labute approximate surface area is 207 Å². The van der Waals surface area contributed by atoms with E-state index in [1.54, 1.807) is 17.5 Å². The molecule has 0 spiro atoms. The maximum atomic E-state index is 13.6. The number of hydrogen-bond donors (Lipinski definition) is 0. The molecule has 3 aromatic heterocycles. The molecule has 180 valence electrons. The fourth-order valence-electron chi connectivity index (χ4n) is 5.00. The number of carbonyl (C=O) groups is 2. The highest BCUT2D eigenvalue weighted by molar-refractivity contribution is 7.07. The van der Waals surface area contributed by atoms with Gasteiger partial charge in [-0.2, -0.15) is 5.10 Å². The lowest BCUT2D eigenvalue weighted by Gasteiger charge is -2.28. The largest absolute Gasteiger partial charge is 0.340 e. The van der Waals surface area contributed by atoms with Crippen LogP contribution < -0.4 is 0 Å². The number of fused-ring (bicyclic) bond motifs is 2. The van der Waals surface area contributed by atoms with E-state index in [0.29, 0.717) is 43.4 Å². The zero-order valence-electron chi connectivity index (χ0n) is 20.0. The van der Waals surface area contributed by atoms with Crippen molar-refractivity contribution in [3.8, 4) is 0 Å². The molecule has 8 nitrogen and oxygen atoms in total. The van der Waals surface area contributed by atoms with Gasteiger partial charge in [0.1, 0.15) is 5.69 Å². The molecule has 0 N–H and O–H groups in total. The molecule has 6 rings (SSSR count). The molecule has 2 amide bonds. The van der Waals surface area contributed by atoms with Crippen LogP contribution in [0.25, 0.3) is 10.9 Å². The first-order chi connectivity index (χ1) is 17.0. The molecule has 35 heavy (non-hydrogen) atoms. The molecule has 4 heterocycles. The summed E-state index contributed by atoms with van der Waals surface area (Å²) in [5, 5.41) is 7.81. The number of aromatic nitrogens is 4. The molecular formula is C26H28N6O2S. The van der Waals surface area contributed by atoms with Gasteiger partial charge in [0.05, 0.1) is 24.3 Å². The third kappa shape index (κ3) is 4.03. The molecule has 0 unspecified atom stereocenters. The molecule has 0 radical (unpaired) electrons. The van der Waals surface area contributed by atoms with Crippen molar-refractivity contribution in [3.63, 3.8) is 0 Å². The Morgan fingerprint density at radius 3 is 2.80 bits per heavy atom. The Morgan fingerprint density at radius 2 is 2.06 bits per heavy atom. The fraction of sp³-hybridized carbons (Fsp3) is 0.385. The van der Waals surface area contributed by atoms with Crippen molar-refractivity contribution in [2.24, 2.45) is 13.0 Å². The van der Waals surface area contributed by atoms with Crippen LogP contribution in [0.4, 0.5) is 0 Å². The summed E-state index contributed by atoms with van der Waals surface area (Å²) in [5.41, 5.74) is 6.79. The zero-order chi connectivity index (χ0) is 24.1. The number of amides is 2. The van der Waals surface area contributed by atoms with Crippen LogP contribution in [0, 0.1) is 5.92 Å². The van der Waals surface area contributed by atoms with Gasteiger partial charge in [0, 0.05) is 61.1 Å². The van der Waals surface area contributed by atoms with Gasteiger partial charge in [-0.1, -0.05) is 18.2 Å². The van der Waals surface area contributed by atoms with Crippen molar-refractivity contribution in [2.45, 2.75) is 38.9 Å². The summed E-state index contributed by atoms with van der Waals surface area (Å²) in [6.45, 7) is 2.30. The summed E-state index contributed by atoms with van der Waals surface area (Å²) < 4.78 is 3.99. The maximum absolute atomic E-state index is 13.6. The second-order valence-electron chi connectivity index (χ2n) is 9.66. The zero-order valence-corrected chi connectivity index (χ0v) is 20.8. The van der Waals surface area contributed by atoms with Crippen molar-refractivity contribution < 1.29 is 9.59 Å². The molecule has 4 aromatic rings. The molecular weight excluding hydrogens is 460 g/mol. The maximum Gasteiger partial charge on any atom is 0.274 e. The van der Waals surface area contributed by atoms with E-state index in [-0.39, 0.29) is 11.8 Å². The van der Waals surface area contributed by atoms with Crippen LogP contribution in [0.2, 0.25) is 0 Å². The summed E-state index contributed by atoms with van der Waals surface area (Å²) >= 11 is 1.52. The Kier molecular flexibility index (Phi) is 5.44. The number of carbonyl (C=O) groups excluding carboxylic acids is 2. The molecule has 9 heteroatoms. The van der Waals surface area contributed by atoms with E-state index in [4.69, 9.17) is 5.10 Å². The Hall–Kier alpha value is -3.46. The van der Waals surface area contributed by atoms with Crippen LogP contribution in [0.3, 0.4) is 0 Å². The molecule has 1 saturated carbocycles. The van der Waals surface area contributed by atoms with E-state index < -0.39 is 0 Å². The highest BCUT2D eigenvalue weighted by atomic mass is 32.1. The first-order valence-corrected chi connectivity index (χ1v) is 13.0. The van der Waals surface area contributed by atoms with Gasteiger partial charge < -0.3 is 14.4 Å². The number of nitrogens with zero attached hydrogens (tertiary/aromatic N) is 6. The predicted octanol–water partition coefficient (Wildman–Crippen LogP) is 3.71. The molecule has 1 fully saturated rings. The van der Waals surface area contributed by atoms with Crippen molar-refractivity contribution in [3.05, 3.63) is 69.6 Å². The Morgan fingerprint density at radius 1 is 1.23 bits per heavy atom. The molecule has 0 atom stereocenters. The highest BCUT2D eigenvalue weighted by Gasteiger charge is 2.34. The van der Waals surface area contributed by atoms with Crippen molar-refractivity contribution in [2.75, 3.05) is 13.6 Å². The van der Waals surface area contributed by atoms with Gasteiger partial charge in [-0.3, -0.25) is 14.3 Å². The topological polar surface area (TPSA) is 76.3 Å². The number of thiazole rings is 1. The second-order valence-corrected chi connectivity index (χ2v) is 10.4. The first-order valence-electron chi connectivity index (χ1n) is 12.0. The van der Waals surface area contributed by atoms with E-state index in [9.17, 15) is 9.59 Å². The standard InChI is InChI=1S/C26H28N6O2S/c1-29(13-19-15-35-16-27-19)26(34)24-20-14-31(10-9-22(20)32(28-24)12-17-7-8-17)25(33)23-11-18-5-3-4-6-21(18)30(23)2/h3-6,11,15-17H,7-10,12-14H2,1-2H3. The van der Waals surface area contributed by atoms with Crippen molar-refractivity contribution in [1.82, 2.24) is 29.1 Å². The van der Waals surface area contributed by atoms with Gasteiger partial charge in [0.15, 0.2) is 5.69 Å². The van der Waals surface area contributed by atoms with Crippen LogP contribution in [0.5, 0.6) is 0 Å². The number of aryl methyl sites for hydroxylation is 1. The predicted molar refractivity (Wildman–Crippen MR) is 134 cm³/mol. The molecule has 1 aliphatic carbocycles. The highest BCUT2D eigenvalue weighted by Crippen LogP contribution is 2.33. The molecule has 1 aliphatic heterocycles. The summed E-state index contributed by atoms with van der Waals surface area (Å²) in [6, 6.07) is 9.97. The van der Waals surface area contributed by atoms with Gasteiger partial charge in [0.25, 0.3) is 11.8 Å². The molecule has 2 aliphatic rings. The number of benzene rings is 1. The third-order valence-corrected chi connectivity index (χ3v) is 7.79. The third-order valence-electron chi connectivity index (χ3n) is 7.15. The van der Waals surface area contributed by atoms with Crippen LogP contribution in [-0.2, 0) is 33.1 Å². The Balaban J connectivity index is 1.31. The average molecular weight is 489 g/mol. The number of rotatable bonds is 6. The van der Waals surface area contributed by atoms with E-state index in [1.807, 2.05) is 56.9 Å². The molecule has 1 aromatic carbocycles. The van der Waals surface area contributed by atoms with Crippen molar-refractivity contribution in [1.29, 1.82) is 0 Å². The number of para-hydroxylation sites is 1. The van der Waals surface area contributed by atoms with E-state index in [0.717, 1.165) is 34.4 Å². The average Bonchev–Trinajstić information content (AvgIpc) is 3.25. The normalized spacial score (nSPS) is 15.4. The van der Waals surface area contributed by atoms with Crippen molar-refractivity contribution >= 4 is 34.1 Å². The summed E-state index contributed by atoms with van der Waals surface area (Å²) in [7, 11) is 3.72. The minimum Gasteiger partial charge on any atom is -0.340 e. The smallest absolute Gasteiger partial charge is 0.274 e. The second kappa shape index (κ2) is 8.64. The van der Waals surface area contributed by atoms with Gasteiger partial charge in [-0.15, -0.1) is 11.3 Å². The van der Waals surface area contributed by atoms with E-state index >= 15 is 0 Å². The molecule has 0 saturated heterocycles. The lowest BCUT2D eigenvalue weighted by atomic mass is 10.0. The van der Waals surface area contributed by atoms with Gasteiger partial charge in [-0.25, -0.2) is 4.98 Å². The van der Waals surface area contributed by atoms with E-state index in [1.165, 1.54) is 24.2 Å². The SMILES string of the molecule is CN(Cc1cscn1)C(=O)c1nn(CC2CC2)c2c1CN(C(=O)c1cc3ccccc3n1C)CC2.